The summed E-state index contributed by atoms with van der Waals surface area (Å²) in [5.41, 5.74) is 0.638. The number of carbonyl (C=O) groups excluding carboxylic acids is 1. The van der Waals surface area contributed by atoms with E-state index in [1.165, 1.54) is 12.1 Å². The van der Waals surface area contributed by atoms with Crippen molar-refractivity contribution in [3.63, 3.8) is 0 Å². The number of benzene rings is 1. The number of rotatable bonds is 6. The maximum Gasteiger partial charge on any atom is 0.176 e. The Kier molecular flexibility index (Phi) is 5.12. The maximum absolute atomic E-state index is 11.9. The van der Waals surface area contributed by atoms with Crippen LogP contribution >= 0.6 is 0 Å². The van der Waals surface area contributed by atoms with E-state index in [2.05, 4.69) is 4.90 Å². The molecule has 94 valence electrons. The molecule has 0 bridgehead atoms. The lowest BCUT2D eigenvalue weighted by atomic mass is 10.1. The molecule has 17 heavy (non-hydrogen) atoms. The second-order valence-corrected chi connectivity index (χ2v) is 4.51. The average molecular weight is 236 g/mol. The van der Waals surface area contributed by atoms with Crippen LogP contribution in [-0.4, -0.2) is 61.5 Å². The van der Waals surface area contributed by atoms with Gasteiger partial charge in [-0.25, -0.2) is 0 Å². The minimum atomic E-state index is 0.0752. The van der Waals surface area contributed by atoms with E-state index in [0.717, 1.165) is 13.1 Å². The third-order valence-electron chi connectivity index (χ3n) is 2.53. The summed E-state index contributed by atoms with van der Waals surface area (Å²) in [5, 5.41) is 9.14. The van der Waals surface area contributed by atoms with Gasteiger partial charge in [0.05, 0.1) is 6.54 Å². The molecule has 0 aliphatic rings. The zero-order valence-electron chi connectivity index (χ0n) is 10.7. The summed E-state index contributed by atoms with van der Waals surface area (Å²) in [5.74, 6) is 0.258. The number of hydrogen-bond donors (Lipinski definition) is 1. The predicted octanol–water partition coefficient (Wildman–Crippen LogP) is 1.07. The Morgan fingerprint density at radius 1 is 1.12 bits per heavy atom. The highest BCUT2D eigenvalue weighted by molar-refractivity contribution is 5.97. The van der Waals surface area contributed by atoms with Crippen LogP contribution < -0.4 is 0 Å². The lowest BCUT2D eigenvalue weighted by Gasteiger charge is -2.18. The van der Waals surface area contributed by atoms with Crippen LogP contribution in [0.2, 0.25) is 0 Å². The van der Waals surface area contributed by atoms with E-state index in [1.54, 1.807) is 12.1 Å². The molecule has 0 spiro atoms. The topological polar surface area (TPSA) is 43.8 Å². The molecule has 0 fully saturated rings. The van der Waals surface area contributed by atoms with Gasteiger partial charge in [0.15, 0.2) is 5.78 Å². The maximum atomic E-state index is 11.9. The lowest BCUT2D eigenvalue weighted by molar-refractivity contribution is 0.0942. The zero-order chi connectivity index (χ0) is 12.8. The normalized spacial score (nSPS) is 11.1. The molecule has 0 aromatic heterocycles. The molecule has 0 radical (unpaired) electrons. The van der Waals surface area contributed by atoms with Crippen LogP contribution in [0.4, 0.5) is 0 Å². The fourth-order valence-electron chi connectivity index (χ4n) is 1.43. The van der Waals surface area contributed by atoms with Gasteiger partial charge in [-0.2, -0.15) is 0 Å². The van der Waals surface area contributed by atoms with E-state index >= 15 is 0 Å². The second-order valence-electron chi connectivity index (χ2n) is 4.51. The van der Waals surface area contributed by atoms with Crippen LogP contribution in [0.3, 0.4) is 0 Å². The van der Waals surface area contributed by atoms with E-state index < -0.39 is 0 Å². The van der Waals surface area contributed by atoms with Gasteiger partial charge in [-0.3, -0.25) is 9.69 Å². The molecular weight excluding hydrogens is 216 g/mol. The molecule has 0 saturated heterocycles. The van der Waals surface area contributed by atoms with Crippen LogP contribution in [0.15, 0.2) is 24.3 Å². The number of Topliss-reactive ketones (excluding diaryl/α,β-unsaturated/α-hetero) is 1. The molecule has 0 aliphatic carbocycles. The number of aromatic hydroxyl groups is 1. The molecule has 1 aromatic carbocycles. The van der Waals surface area contributed by atoms with Crippen molar-refractivity contribution < 1.29 is 9.90 Å². The summed E-state index contributed by atoms with van der Waals surface area (Å²) >= 11 is 0. The number of likely N-dealkylation sites (N-methyl/N-ethyl adjacent to an activating group) is 2. The molecule has 0 amide bonds. The molecule has 0 unspecified atom stereocenters. The average Bonchev–Trinajstić information content (AvgIpc) is 2.27. The first-order chi connectivity index (χ1) is 7.99. The summed E-state index contributed by atoms with van der Waals surface area (Å²) in [6.07, 6.45) is 0. The Bertz CT molecular complexity index is 360. The minimum Gasteiger partial charge on any atom is -0.508 e. The van der Waals surface area contributed by atoms with E-state index in [4.69, 9.17) is 5.11 Å². The summed E-state index contributed by atoms with van der Waals surface area (Å²) in [7, 11) is 5.95. The highest BCUT2D eigenvalue weighted by Crippen LogP contribution is 2.10. The molecule has 0 aliphatic heterocycles. The van der Waals surface area contributed by atoms with E-state index in [9.17, 15) is 4.79 Å². The van der Waals surface area contributed by atoms with Crippen LogP contribution in [0.25, 0.3) is 0 Å². The molecule has 1 N–H and O–H groups in total. The van der Waals surface area contributed by atoms with Gasteiger partial charge in [-0.15, -0.1) is 0 Å². The standard InChI is InChI=1S/C13H20N2O2/c1-14(2)8-9-15(3)10-13(17)11-4-6-12(16)7-5-11/h4-7,16H,8-10H2,1-3H3. The SMILES string of the molecule is CN(C)CCN(C)CC(=O)c1ccc(O)cc1. The van der Waals surface area contributed by atoms with E-state index in [0.29, 0.717) is 12.1 Å². The van der Waals surface area contributed by atoms with Gasteiger partial charge in [0.1, 0.15) is 5.75 Å². The van der Waals surface area contributed by atoms with Crippen LogP contribution in [0.1, 0.15) is 10.4 Å². The summed E-state index contributed by atoms with van der Waals surface area (Å²) < 4.78 is 0. The highest BCUT2D eigenvalue weighted by atomic mass is 16.3. The smallest absolute Gasteiger partial charge is 0.176 e. The number of carbonyl (C=O) groups is 1. The van der Waals surface area contributed by atoms with Gasteiger partial charge in [0, 0.05) is 18.7 Å². The van der Waals surface area contributed by atoms with Crippen LogP contribution in [-0.2, 0) is 0 Å². The number of ketones is 1. The van der Waals surface area contributed by atoms with Crippen molar-refractivity contribution in [1.82, 2.24) is 9.80 Å². The lowest BCUT2D eigenvalue weighted by Crippen LogP contribution is -2.32. The number of hydrogen-bond acceptors (Lipinski definition) is 4. The van der Waals surface area contributed by atoms with E-state index in [-0.39, 0.29) is 11.5 Å². The molecule has 1 aromatic rings. The fraction of sp³-hybridized carbons (Fsp3) is 0.462. The third kappa shape index (κ3) is 4.97. The van der Waals surface area contributed by atoms with E-state index in [1.807, 2.05) is 26.0 Å². The van der Waals surface area contributed by atoms with Gasteiger partial charge < -0.3 is 10.0 Å². The first kappa shape index (κ1) is 13.7. The molecule has 4 nitrogen and oxygen atoms in total. The third-order valence-corrected chi connectivity index (χ3v) is 2.53. The first-order valence-electron chi connectivity index (χ1n) is 5.64. The van der Waals surface area contributed by atoms with Crippen molar-refractivity contribution in [3.8, 4) is 5.75 Å². The van der Waals surface area contributed by atoms with Crippen molar-refractivity contribution in [2.75, 3.05) is 40.8 Å². The Morgan fingerprint density at radius 2 is 1.71 bits per heavy atom. The zero-order valence-corrected chi connectivity index (χ0v) is 10.7. The van der Waals surface area contributed by atoms with Gasteiger partial charge in [-0.1, -0.05) is 0 Å². The van der Waals surface area contributed by atoms with Crippen molar-refractivity contribution in [3.05, 3.63) is 29.8 Å². The molecule has 0 atom stereocenters. The van der Waals surface area contributed by atoms with Gasteiger partial charge in [-0.05, 0) is 45.4 Å². The van der Waals surface area contributed by atoms with Crippen molar-refractivity contribution in [1.29, 1.82) is 0 Å². The van der Waals surface area contributed by atoms with Crippen molar-refractivity contribution in [2.24, 2.45) is 0 Å². The molecule has 0 saturated carbocycles. The fourth-order valence-corrected chi connectivity index (χ4v) is 1.43. The quantitative estimate of drug-likeness (QED) is 0.750. The monoisotopic (exact) mass is 236 g/mol. The Morgan fingerprint density at radius 3 is 2.24 bits per heavy atom. The van der Waals surface area contributed by atoms with Gasteiger partial charge in [0.2, 0.25) is 0 Å². The predicted molar refractivity (Wildman–Crippen MR) is 68.5 cm³/mol. The Balaban J connectivity index is 2.46. The second kappa shape index (κ2) is 6.37. The molecule has 0 heterocycles. The van der Waals surface area contributed by atoms with Crippen LogP contribution in [0, 0.1) is 0 Å². The van der Waals surface area contributed by atoms with Gasteiger partial charge in [0.25, 0.3) is 0 Å². The molecule has 1 rings (SSSR count). The van der Waals surface area contributed by atoms with Gasteiger partial charge >= 0.3 is 0 Å². The Labute approximate surface area is 102 Å². The minimum absolute atomic E-state index is 0.0752. The van der Waals surface area contributed by atoms with Crippen LogP contribution in [0.5, 0.6) is 5.75 Å². The Hall–Kier alpha value is -1.39. The highest BCUT2D eigenvalue weighted by Gasteiger charge is 2.09. The number of nitrogens with zero attached hydrogens (tertiary/aromatic N) is 2. The largest absolute Gasteiger partial charge is 0.508 e. The molecule has 4 heteroatoms. The summed E-state index contributed by atoms with van der Waals surface area (Å²) in [4.78, 5) is 16.0. The molecular formula is C13H20N2O2. The van der Waals surface area contributed by atoms with Crippen molar-refractivity contribution in [2.45, 2.75) is 0 Å². The summed E-state index contributed by atoms with van der Waals surface area (Å²) in [6.45, 7) is 2.19. The van der Waals surface area contributed by atoms with Crippen molar-refractivity contribution >= 4 is 5.78 Å². The number of phenols is 1. The summed E-state index contributed by atoms with van der Waals surface area (Å²) in [6, 6.07) is 6.37. The first-order valence-corrected chi connectivity index (χ1v) is 5.64. The number of phenolic OH excluding ortho intramolecular Hbond substituents is 1.